The van der Waals surface area contributed by atoms with Crippen molar-refractivity contribution >= 4 is 11.9 Å². The van der Waals surface area contributed by atoms with Crippen molar-refractivity contribution in [1.82, 2.24) is 9.55 Å². The minimum Gasteiger partial charge on any atom is -0.506 e. The number of benzene rings is 1. The zero-order chi connectivity index (χ0) is 31.3. The van der Waals surface area contributed by atoms with E-state index in [-0.39, 0.29) is 68.8 Å². The molecule has 2 aromatic heterocycles. The Labute approximate surface area is 245 Å². The number of aromatic hydroxyl groups is 2. The summed E-state index contributed by atoms with van der Waals surface area (Å²) in [5.41, 5.74) is 0.693. The first-order valence-corrected chi connectivity index (χ1v) is 13.3. The van der Waals surface area contributed by atoms with Crippen LogP contribution in [0.4, 0.5) is 0 Å². The van der Waals surface area contributed by atoms with Gasteiger partial charge in [0.25, 0.3) is 11.1 Å². The molecule has 3 aromatic rings. The zero-order valence-electron chi connectivity index (χ0n) is 24.1. The fraction of sp³-hybridized carbons (Fsp3) is 0.379. The van der Waals surface area contributed by atoms with Crippen LogP contribution >= 0.6 is 0 Å². The van der Waals surface area contributed by atoms with Crippen LogP contribution in [0.15, 0.2) is 27.8 Å². The van der Waals surface area contributed by atoms with E-state index < -0.39 is 23.1 Å². The average molecular weight is 601 g/mol. The molecule has 230 valence electrons. The predicted molar refractivity (Wildman–Crippen MR) is 149 cm³/mol. The molecule has 14 heteroatoms. The minimum atomic E-state index is -0.851. The van der Waals surface area contributed by atoms with Crippen molar-refractivity contribution in [3.63, 3.8) is 0 Å². The Kier molecular flexibility index (Phi) is 9.73. The SMILES string of the molecule is CCOC(=O)c1c(O)c2c([nH]c1=O)COC2.CCOC(=O)c1c(O)c2c(n(Cc3ccc(OC)c(OC)c3)c1=O)COC2. The third-order valence-electron chi connectivity index (χ3n) is 6.76. The molecule has 2 aliphatic rings. The van der Waals surface area contributed by atoms with E-state index >= 15 is 0 Å². The quantitative estimate of drug-likeness (QED) is 0.321. The number of nitrogens with zero attached hydrogens (tertiary/aromatic N) is 1. The van der Waals surface area contributed by atoms with Crippen molar-refractivity contribution in [1.29, 1.82) is 0 Å². The van der Waals surface area contributed by atoms with Crippen molar-refractivity contribution < 1.29 is 48.2 Å². The molecule has 0 spiro atoms. The first-order valence-electron chi connectivity index (χ1n) is 13.3. The second-order valence-corrected chi connectivity index (χ2v) is 9.29. The van der Waals surface area contributed by atoms with E-state index in [0.717, 1.165) is 5.56 Å². The number of nitrogens with one attached hydrogen (secondary N) is 1. The molecule has 2 aliphatic heterocycles. The molecule has 14 nitrogen and oxygen atoms in total. The van der Waals surface area contributed by atoms with Gasteiger partial charge in [0, 0.05) is 11.1 Å². The monoisotopic (exact) mass is 600 g/mol. The highest BCUT2D eigenvalue weighted by Crippen LogP contribution is 2.32. The normalized spacial score (nSPS) is 12.9. The molecule has 0 saturated heterocycles. The Hall–Kier alpha value is -4.82. The molecule has 0 unspecified atom stereocenters. The van der Waals surface area contributed by atoms with Gasteiger partial charge in [0.05, 0.1) is 71.8 Å². The van der Waals surface area contributed by atoms with Gasteiger partial charge in [-0.15, -0.1) is 0 Å². The smallest absolute Gasteiger partial charge is 0.347 e. The van der Waals surface area contributed by atoms with E-state index in [1.54, 1.807) is 32.0 Å². The van der Waals surface area contributed by atoms with E-state index in [1.165, 1.54) is 18.8 Å². The number of carbonyl (C=O) groups excluding carboxylic acids is 2. The Bertz CT molecular complexity index is 1660. The number of hydrogen-bond acceptors (Lipinski definition) is 12. The van der Waals surface area contributed by atoms with Gasteiger partial charge in [0.1, 0.15) is 11.5 Å². The Balaban J connectivity index is 0.000000225. The Morgan fingerprint density at radius 3 is 2.12 bits per heavy atom. The average Bonchev–Trinajstić information content (AvgIpc) is 3.66. The van der Waals surface area contributed by atoms with Crippen molar-refractivity contribution in [3.8, 4) is 23.0 Å². The van der Waals surface area contributed by atoms with Crippen molar-refractivity contribution in [2.75, 3.05) is 27.4 Å². The number of methoxy groups -OCH3 is 2. The molecule has 0 saturated carbocycles. The number of carbonyl (C=O) groups is 2. The van der Waals surface area contributed by atoms with Gasteiger partial charge in [-0.2, -0.15) is 0 Å². The lowest BCUT2D eigenvalue weighted by Crippen LogP contribution is -2.30. The molecule has 0 aliphatic carbocycles. The summed E-state index contributed by atoms with van der Waals surface area (Å²) in [7, 11) is 3.07. The first-order chi connectivity index (χ1) is 20.7. The number of hydrogen-bond donors (Lipinski definition) is 3. The standard InChI is InChI=1S/C19H21NO7.C10H11NO5/c1-4-27-19(23)16-17(21)12-9-26-10-13(12)20(18(16)22)8-11-5-6-14(24-2)15(7-11)25-3;1-2-16-10(14)7-8(12)5-3-15-4-6(5)11-9(7)13/h5-7,21H,4,8-10H2,1-3H3;2-4H2,1H3,(H2,11,12,13). The summed E-state index contributed by atoms with van der Waals surface area (Å²) in [5.74, 6) is -1.28. The van der Waals surface area contributed by atoms with Crippen LogP contribution in [0.1, 0.15) is 62.6 Å². The summed E-state index contributed by atoms with van der Waals surface area (Å²) in [5, 5.41) is 20.2. The fourth-order valence-corrected chi connectivity index (χ4v) is 4.69. The molecular formula is C29H32N2O12. The predicted octanol–water partition coefficient (Wildman–Crippen LogP) is 2.11. The molecule has 3 N–H and O–H groups in total. The van der Waals surface area contributed by atoms with Gasteiger partial charge in [0.2, 0.25) is 0 Å². The highest BCUT2D eigenvalue weighted by atomic mass is 16.5. The molecule has 0 atom stereocenters. The van der Waals surface area contributed by atoms with Crippen molar-refractivity contribution in [2.24, 2.45) is 0 Å². The largest absolute Gasteiger partial charge is 0.506 e. The highest BCUT2D eigenvalue weighted by molar-refractivity contribution is 5.93. The summed E-state index contributed by atoms with van der Waals surface area (Å²) < 4.78 is 32.0. The van der Waals surface area contributed by atoms with Crippen molar-refractivity contribution in [3.05, 3.63) is 78.1 Å². The van der Waals surface area contributed by atoms with Crippen LogP contribution in [-0.4, -0.2) is 59.1 Å². The van der Waals surface area contributed by atoms with Gasteiger partial charge in [-0.05, 0) is 31.5 Å². The molecule has 0 radical (unpaired) electrons. The third-order valence-corrected chi connectivity index (χ3v) is 6.76. The van der Waals surface area contributed by atoms with Crippen LogP contribution in [0.2, 0.25) is 0 Å². The van der Waals surface area contributed by atoms with Gasteiger partial charge in [-0.25, -0.2) is 9.59 Å². The fourth-order valence-electron chi connectivity index (χ4n) is 4.69. The van der Waals surface area contributed by atoms with Gasteiger partial charge in [-0.3, -0.25) is 9.59 Å². The lowest BCUT2D eigenvalue weighted by molar-refractivity contribution is 0.0510. The summed E-state index contributed by atoms with van der Waals surface area (Å²) >= 11 is 0. The number of rotatable bonds is 8. The number of ether oxygens (including phenoxy) is 6. The molecule has 4 heterocycles. The lowest BCUT2D eigenvalue weighted by atomic mass is 10.1. The maximum Gasteiger partial charge on any atom is 0.347 e. The summed E-state index contributed by atoms with van der Waals surface area (Å²) in [6, 6.07) is 5.29. The van der Waals surface area contributed by atoms with E-state index in [0.29, 0.717) is 34.0 Å². The maximum atomic E-state index is 12.9. The number of H-pyrrole nitrogens is 1. The summed E-state index contributed by atoms with van der Waals surface area (Å²) in [4.78, 5) is 50.6. The number of aromatic nitrogens is 2. The summed E-state index contributed by atoms with van der Waals surface area (Å²) in [6.45, 7) is 4.40. The Morgan fingerprint density at radius 1 is 0.860 bits per heavy atom. The van der Waals surface area contributed by atoms with E-state index in [9.17, 15) is 29.4 Å². The van der Waals surface area contributed by atoms with E-state index in [4.69, 9.17) is 23.7 Å². The first kappa shape index (κ1) is 31.1. The summed E-state index contributed by atoms with van der Waals surface area (Å²) in [6.07, 6.45) is 0. The molecule has 43 heavy (non-hydrogen) atoms. The molecule has 5 rings (SSSR count). The zero-order valence-corrected chi connectivity index (χ0v) is 24.1. The van der Waals surface area contributed by atoms with Crippen molar-refractivity contribution in [2.45, 2.75) is 46.8 Å². The Morgan fingerprint density at radius 2 is 1.47 bits per heavy atom. The molecular weight excluding hydrogens is 568 g/mol. The number of esters is 2. The van der Waals surface area contributed by atoms with Gasteiger partial charge in [-0.1, -0.05) is 6.07 Å². The van der Waals surface area contributed by atoms with Gasteiger partial charge < -0.3 is 48.2 Å². The number of aromatic amines is 1. The van der Waals surface area contributed by atoms with Gasteiger partial charge >= 0.3 is 11.9 Å². The maximum absolute atomic E-state index is 12.9. The second-order valence-electron chi connectivity index (χ2n) is 9.29. The highest BCUT2D eigenvalue weighted by Gasteiger charge is 2.30. The molecule has 0 amide bonds. The second kappa shape index (κ2) is 13.4. The number of fused-ring (bicyclic) bond motifs is 2. The van der Waals surface area contributed by atoms with Crippen LogP contribution in [0.3, 0.4) is 0 Å². The van der Waals surface area contributed by atoms with Crippen LogP contribution in [0.25, 0.3) is 0 Å². The van der Waals surface area contributed by atoms with Crippen LogP contribution in [0, 0.1) is 0 Å². The third kappa shape index (κ3) is 6.20. The van der Waals surface area contributed by atoms with E-state index in [2.05, 4.69) is 9.72 Å². The molecule has 0 bridgehead atoms. The lowest BCUT2D eigenvalue weighted by Gasteiger charge is -2.16. The topological polar surface area (TPSA) is 185 Å². The number of pyridine rings is 2. The van der Waals surface area contributed by atoms with Crippen LogP contribution < -0.4 is 20.6 Å². The van der Waals surface area contributed by atoms with Crippen LogP contribution in [-0.2, 0) is 51.9 Å². The van der Waals surface area contributed by atoms with Crippen LogP contribution in [0.5, 0.6) is 23.0 Å². The van der Waals surface area contributed by atoms with Gasteiger partial charge in [0.15, 0.2) is 22.6 Å². The molecule has 0 fully saturated rings. The minimum absolute atomic E-state index is 0.0982. The molecule has 1 aromatic carbocycles. The van der Waals surface area contributed by atoms with E-state index in [1.807, 2.05) is 0 Å².